The fourth-order valence-electron chi connectivity index (χ4n) is 2.64. The van der Waals surface area contributed by atoms with Crippen LogP contribution in [-0.2, 0) is 0 Å². The minimum atomic E-state index is 0.173. The zero-order valence-corrected chi connectivity index (χ0v) is 13.4. The molecule has 2 rings (SSSR count). The van der Waals surface area contributed by atoms with Crippen LogP contribution in [0, 0.1) is 0 Å². The smallest absolute Gasteiger partial charge is 0.253 e. The Balaban J connectivity index is 2.09. The third kappa shape index (κ3) is 3.76. The van der Waals surface area contributed by atoms with E-state index in [2.05, 4.69) is 19.0 Å². The van der Waals surface area contributed by atoms with Gasteiger partial charge in [-0.2, -0.15) is 0 Å². The molecular weight excluding hydrogens is 268 g/mol. The fraction of sp³-hybridized carbons (Fsp3) is 0.562. The van der Waals surface area contributed by atoms with Gasteiger partial charge in [0.2, 0.25) is 0 Å². The highest BCUT2D eigenvalue weighted by Crippen LogP contribution is 2.19. The molecule has 0 spiro atoms. The molecule has 0 unspecified atom stereocenters. The van der Waals surface area contributed by atoms with E-state index in [9.17, 15) is 4.79 Å². The third-order valence-electron chi connectivity index (χ3n) is 4.00. The van der Waals surface area contributed by atoms with Gasteiger partial charge in [-0.05, 0) is 57.5 Å². The molecule has 0 radical (unpaired) electrons. The van der Waals surface area contributed by atoms with Crippen molar-refractivity contribution >= 4 is 17.7 Å². The normalized spacial score (nSPS) is 20.0. The molecule has 1 aromatic rings. The molecule has 0 saturated carbocycles. The Morgan fingerprint density at radius 1 is 1.25 bits per heavy atom. The number of thioether (sulfide) groups is 1. The van der Waals surface area contributed by atoms with E-state index in [1.807, 2.05) is 35.4 Å². The van der Waals surface area contributed by atoms with Gasteiger partial charge in [0.25, 0.3) is 5.91 Å². The van der Waals surface area contributed by atoms with E-state index < -0.39 is 0 Å². The van der Waals surface area contributed by atoms with Gasteiger partial charge < -0.3 is 9.80 Å². The van der Waals surface area contributed by atoms with Crippen molar-refractivity contribution in [2.75, 3.05) is 33.4 Å². The molecule has 1 fully saturated rings. The summed E-state index contributed by atoms with van der Waals surface area (Å²) in [5.41, 5.74) is 0.808. The van der Waals surface area contributed by atoms with E-state index >= 15 is 0 Å². The number of carbonyl (C=O) groups excluding carboxylic acids is 1. The maximum Gasteiger partial charge on any atom is 0.253 e. The molecule has 1 saturated heterocycles. The van der Waals surface area contributed by atoms with Gasteiger partial charge in [0.15, 0.2) is 0 Å². The van der Waals surface area contributed by atoms with Crippen molar-refractivity contribution in [1.29, 1.82) is 0 Å². The first-order chi connectivity index (χ1) is 9.61. The molecule has 1 heterocycles. The van der Waals surface area contributed by atoms with Gasteiger partial charge in [0, 0.05) is 29.6 Å². The Labute approximate surface area is 126 Å². The Bertz CT molecular complexity index is 444. The molecular formula is C16H24N2OS. The fourth-order valence-corrected chi connectivity index (χ4v) is 3.05. The average molecular weight is 292 g/mol. The first-order valence-electron chi connectivity index (χ1n) is 7.21. The molecule has 110 valence electrons. The molecule has 1 aliphatic rings. The lowest BCUT2D eigenvalue weighted by Crippen LogP contribution is -2.41. The quantitative estimate of drug-likeness (QED) is 0.800. The largest absolute Gasteiger partial charge is 0.337 e. The summed E-state index contributed by atoms with van der Waals surface area (Å²) in [4.78, 5) is 18.1. The van der Waals surface area contributed by atoms with Crippen molar-refractivity contribution in [3.05, 3.63) is 29.8 Å². The number of benzene rings is 1. The highest BCUT2D eigenvalue weighted by atomic mass is 32.2. The Morgan fingerprint density at radius 2 is 1.95 bits per heavy atom. The Morgan fingerprint density at radius 3 is 2.55 bits per heavy atom. The second kappa shape index (κ2) is 7.14. The number of likely N-dealkylation sites (N-methyl/N-ethyl adjacent to an activating group) is 1. The van der Waals surface area contributed by atoms with Crippen LogP contribution in [0.25, 0.3) is 0 Å². The monoisotopic (exact) mass is 292 g/mol. The molecule has 1 aromatic carbocycles. The van der Waals surface area contributed by atoms with Gasteiger partial charge in [0.1, 0.15) is 0 Å². The van der Waals surface area contributed by atoms with E-state index in [0.717, 1.165) is 25.1 Å². The van der Waals surface area contributed by atoms with Crippen molar-refractivity contribution in [3.8, 4) is 0 Å². The first kappa shape index (κ1) is 15.4. The minimum Gasteiger partial charge on any atom is -0.337 e. The standard InChI is InChI=1S/C16H24N2OS/c1-17(2)14-6-4-5-11-18(12-14)16(19)13-7-9-15(20-3)10-8-13/h7-10,14H,4-6,11-12H2,1-3H3/t14-/m0/s1. The zero-order valence-electron chi connectivity index (χ0n) is 12.6. The number of hydrogen-bond acceptors (Lipinski definition) is 3. The van der Waals surface area contributed by atoms with Crippen LogP contribution in [0.4, 0.5) is 0 Å². The van der Waals surface area contributed by atoms with E-state index in [1.54, 1.807) is 11.8 Å². The van der Waals surface area contributed by atoms with Crippen molar-refractivity contribution in [2.45, 2.75) is 30.2 Å². The van der Waals surface area contributed by atoms with Crippen LogP contribution in [0.1, 0.15) is 29.6 Å². The number of nitrogens with zero attached hydrogens (tertiary/aromatic N) is 2. The number of carbonyl (C=O) groups is 1. The maximum atomic E-state index is 12.6. The number of likely N-dealkylation sites (tertiary alicyclic amines) is 1. The van der Waals surface area contributed by atoms with Crippen LogP contribution < -0.4 is 0 Å². The minimum absolute atomic E-state index is 0.173. The van der Waals surface area contributed by atoms with Gasteiger partial charge in [0.05, 0.1) is 0 Å². The topological polar surface area (TPSA) is 23.6 Å². The molecule has 3 nitrogen and oxygen atoms in total. The second-order valence-electron chi connectivity index (χ2n) is 5.59. The molecule has 0 bridgehead atoms. The zero-order chi connectivity index (χ0) is 14.5. The SMILES string of the molecule is CSc1ccc(C(=O)N2CCCC[C@H](N(C)C)C2)cc1. The van der Waals surface area contributed by atoms with Gasteiger partial charge in [-0.25, -0.2) is 0 Å². The molecule has 1 amide bonds. The highest BCUT2D eigenvalue weighted by Gasteiger charge is 2.23. The van der Waals surface area contributed by atoms with Crippen LogP contribution in [0.3, 0.4) is 0 Å². The molecule has 0 aromatic heterocycles. The third-order valence-corrected chi connectivity index (χ3v) is 4.74. The summed E-state index contributed by atoms with van der Waals surface area (Å²) in [7, 11) is 4.21. The van der Waals surface area contributed by atoms with E-state index in [-0.39, 0.29) is 5.91 Å². The Hall–Kier alpha value is -1.00. The van der Waals surface area contributed by atoms with Gasteiger partial charge in [-0.1, -0.05) is 6.42 Å². The predicted octanol–water partition coefficient (Wildman–Crippen LogP) is 2.96. The summed E-state index contributed by atoms with van der Waals surface area (Å²) >= 11 is 1.70. The summed E-state index contributed by atoms with van der Waals surface area (Å²) < 4.78 is 0. The summed E-state index contributed by atoms with van der Waals surface area (Å²) in [5, 5.41) is 0. The lowest BCUT2D eigenvalue weighted by molar-refractivity contribution is 0.0725. The maximum absolute atomic E-state index is 12.6. The number of hydrogen-bond donors (Lipinski definition) is 0. The van der Waals surface area contributed by atoms with Crippen LogP contribution >= 0.6 is 11.8 Å². The van der Waals surface area contributed by atoms with E-state index in [1.165, 1.54) is 17.7 Å². The van der Waals surface area contributed by atoms with E-state index in [4.69, 9.17) is 0 Å². The van der Waals surface area contributed by atoms with Crippen molar-refractivity contribution in [2.24, 2.45) is 0 Å². The van der Waals surface area contributed by atoms with Crippen LogP contribution in [0.5, 0.6) is 0 Å². The molecule has 0 N–H and O–H groups in total. The van der Waals surface area contributed by atoms with Crippen LogP contribution in [0.15, 0.2) is 29.2 Å². The Kier molecular flexibility index (Phi) is 5.49. The van der Waals surface area contributed by atoms with Crippen molar-refractivity contribution in [3.63, 3.8) is 0 Å². The molecule has 1 aliphatic heterocycles. The summed E-state index contributed by atoms with van der Waals surface area (Å²) in [5.74, 6) is 0.173. The summed E-state index contributed by atoms with van der Waals surface area (Å²) in [6.07, 6.45) is 5.55. The summed E-state index contributed by atoms with van der Waals surface area (Å²) in [6, 6.07) is 8.43. The lowest BCUT2D eigenvalue weighted by Gasteiger charge is -2.28. The van der Waals surface area contributed by atoms with Gasteiger partial charge in [-0.3, -0.25) is 4.79 Å². The molecule has 1 atom stereocenters. The average Bonchev–Trinajstić information content (AvgIpc) is 2.72. The highest BCUT2D eigenvalue weighted by molar-refractivity contribution is 7.98. The molecule has 20 heavy (non-hydrogen) atoms. The van der Waals surface area contributed by atoms with Gasteiger partial charge >= 0.3 is 0 Å². The number of rotatable bonds is 3. The number of amides is 1. The lowest BCUT2D eigenvalue weighted by atomic mass is 10.1. The van der Waals surface area contributed by atoms with Gasteiger partial charge in [-0.15, -0.1) is 11.8 Å². The van der Waals surface area contributed by atoms with E-state index in [0.29, 0.717) is 6.04 Å². The van der Waals surface area contributed by atoms with Crippen LogP contribution in [-0.4, -0.2) is 55.2 Å². The molecule has 0 aliphatic carbocycles. The summed E-state index contributed by atoms with van der Waals surface area (Å²) in [6.45, 7) is 1.73. The predicted molar refractivity (Wildman–Crippen MR) is 85.5 cm³/mol. The van der Waals surface area contributed by atoms with Crippen molar-refractivity contribution < 1.29 is 4.79 Å². The molecule has 4 heteroatoms. The van der Waals surface area contributed by atoms with Crippen molar-refractivity contribution in [1.82, 2.24) is 9.80 Å². The van der Waals surface area contributed by atoms with Crippen LogP contribution in [0.2, 0.25) is 0 Å². The second-order valence-corrected chi connectivity index (χ2v) is 6.47. The first-order valence-corrected chi connectivity index (χ1v) is 8.44.